The number of allylic oxidation sites excluding steroid dienone is 3. The molecule has 30 heavy (non-hydrogen) atoms. The van der Waals surface area contributed by atoms with Crippen molar-refractivity contribution < 1.29 is 14.3 Å². The number of rotatable bonds is 8. The lowest BCUT2D eigenvalue weighted by Crippen LogP contribution is -2.25. The summed E-state index contributed by atoms with van der Waals surface area (Å²) in [4.78, 5) is 7.69. The van der Waals surface area contributed by atoms with Crippen LogP contribution in [0.1, 0.15) is 11.1 Å². The van der Waals surface area contributed by atoms with Crippen molar-refractivity contribution in [3.63, 3.8) is 0 Å². The molecule has 156 valence electrons. The summed E-state index contributed by atoms with van der Waals surface area (Å²) in [6.45, 7) is 6.00. The third kappa shape index (κ3) is 3.33. The second-order valence-corrected chi connectivity index (χ2v) is 7.50. The smallest absolute Gasteiger partial charge is 0.161 e. The van der Waals surface area contributed by atoms with Gasteiger partial charge in [-0.2, -0.15) is 0 Å². The van der Waals surface area contributed by atoms with Gasteiger partial charge in [0.25, 0.3) is 0 Å². The van der Waals surface area contributed by atoms with E-state index in [2.05, 4.69) is 33.4 Å². The van der Waals surface area contributed by atoms with Crippen molar-refractivity contribution in [1.82, 2.24) is 9.47 Å². The zero-order valence-corrected chi connectivity index (χ0v) is 17.9. The molecule has 0 radical (unpaired) electrons. The van der Waals surface area contributed by atoms with Crippen LogP contribution in [-0.4, -0.2) is 56.6 Å². The quantitative estimate of drug-likeness (QED) is 0.326. The maximum absolute atomic E-state index is 5.62. The van der Waals surface area contributed by atoms with Crippen LogP contribution < -0.4 is 20.0 Å². The SMILES string of the molecule is C=CCn1c2c(c3c1=c1cc(OC)c(OC)cc1=C3)C(=NOCCN(C)C)C=CC=2. The van der Waals surface area contributed by atoms with E-state index in [0.29, 0.717) is 24.7 Å². The van der Waals surface area contributed by atoms with E-state index in [1.807, 2.05) is 44.5 Å². The average molecular weight is 405 g/mol. The van der Waals surface area contributed by atoms with Crippen LogP contribution >= 0.6 is 0 Å². The number of oxime groups is 1. The fourth-order valence-corrected chi connectivity index (χ4v) is 3.95. The molecule has 0 saturated heterocycles. The van der Waals surface area contributed by atoms with Gasteiger partial charge in [-0.25, -0.2) is 0 Å². The van der Waals surface area contributed by atoms with Gasteiger partial charge in [0.1, 0.15) is 12.3 Å². The molecular weight excluding hydrogens is 378 g/mol. The number of hydrogen-bond donors (Lipinski definition) is 0. The average Bonchev–Trinajstić information content (AvgIpc) is 3.25. The zero-order chi connectivity index (χ0) is 21.3. The summed E-state index contributed by atoms with van der Waals surface area (Å²) < 4.78 is 13.3. The number of methoxy groups -OCH3 is 2. The molecule has 0 spiro atoms. The van der Waals surface area contributed by atoms with Crippen molar-refractivity contribution in [2.24, 2.45) is 5.16 Å². The van der Waals surface area contributed by atoms with Gasteiger partial charge in [0.15, 0.2) is 11.5 Å². The molecule has 2 aliphatic carbocycles. The summed E-state index contributed by atoms with van der Waals surface area (Å²) in [5, 5.41) is 8.90. The first kappa shape index (κ1) is 20.0. The van der Waals surface area contributed by atoms with Gasteiger partial charge in [-0.05, 0) is 49.7 Å². The van der Waals surface area contributed by atoms with E-state index >= 15 is 0 Å². The van der Waals surface area contributed by atoms with Gasteiger partial charge in [-0.3, -0.25) is 0 Å². The van der Waals surface area contributed by atoms with Gasteiger partial charge in [0.2, 0.25) is 0 Å². The molecule has 6 nitrogen and oxygen atoms in total. The Bertz CT molecular complexity index is 1270. The minimum atomic E-state index is 0.539. The summed E-state index contributed by atoms with van der Waals surface area (Å²) in [6, 6.07) is 4.06. The van der Waals surface area contributed by atoms with Crippen molar-refractivity contribution in [3.8, 4) is 11.5 Å². The van der Waals surface area contributed by atoms with Crippen molar-refractivity contribution in [3.05, 3.63) is 69.2 Å². The van der Waals surface area contributed by atoms with Crippen molar-refractivity contribution in [2.45, 2.75) is 6.54 Å². The highest BCUT2D eigenvalue weighted by molar-refractivity contribution is 6.12. The lowest BCUT2D eigenvalue weighted by Gasteiger charge is -2.10. The lowest BCUT2D eigenvalue weighted by atomic mass is 10.0. The minimum absolute atomic E-state index is 0.539. The molecule has 2 aliphatic rings. The van der Waals surface area contributed by atoms with Crippen molar-refractivity contribution in [1.29, 1.82) is 0 Å². The monoisotopic (exact) mass is 405 g/mol. The van der Waals surface area contributed by atoms with Crippen LogP contribution in [0.2, 0.25) is 0 Å². The van der Waals surface area contributed by atoms with E-state index in [4.69, 9.17) is 14.3 Å². The molecule has 1 heterocycles. The molecule has 0 N–H and O–H groups in total. The van der Waals surface area contributed by atoms with E-state index in [9.17, 15) is 0 Å². The number of nitrogens with zero attached hydrogens (tertiary/aromatic N) is 3. The summed E-state index contributed by atoms with van der Waals surface area (Å²) in [5.74, 6) is 1.43. The molecule has 2 aromatic rings. The predicted molar refractivity (Wildman–Crippen MR) is 119 cm³/mol. The second kappa shape index (κ2) is 8.24. The standard InChI is InChI=1S/C24H27N3O3/c1-6-10-27-20-9-7-8-19(25-30-12-11-26(2)3)23(20)18-13-16-14-21(28-4)22(29-5)15-17(16)24(18)27/h6-9,13-15H,1,10-12H2,2-5H3. The number of hydrogen-bond acceptors (Lipinski definition) is 5. The van der Waals surface area contributed by atoms with Crippen LogP contribution in [0.4, 0.5) is 0 Å². The van der Waals surface area contributed by atoms with E-state index in [1.165, 1.54) is 0 Å². The van der Waals surface area contributed by atoms with Crippen LogP contribution in [0.5, 0.6) is 11.5 Å². The molecule has 0 aliphatic heterocycles. The van der Waals surface area contributed by atoms with Crippen LogP contribution in [0, 0.1) is 10.6 Å². The molecule has 0 bridgehead atoms. The van der Waals surface area contributed by atoms with E-state index in [1.54, 1.807) is 14.2 Å². The normalized spacial score (nSPS) is 14.6. The number of aromatic nitrogens is 1. The molecule has 1 aromatic carbocycles. The number of likely N-dealkylation sites (N-methyl/N-ethyl adjacent to an activating group) is 1. The molecule has 0 atom stereocenters. The highest BCUT2D eigenvalue weighted by Gasteiger charge is 2.22. The summed E-state index contributed by atoms with van der Waals surface area (Å²) in [7, 11) is 7.34. The molecule has 4 rings (SSSR count). The fourth-order valence-electron chi connectivity index (χ4n) is 3.95. The Morgan fingerprint density at radius 3 is 2.63 bits per heavy atom. The first-order valence-corrected chi connectivity index (χ1v) is 9.94. The van der Waals surface area contributed by atoms with E-state index < -0.39 is 0 Å². The number of ether oxygens (including phenoxy) is 2. The van der Waals surface area contributed by atoms with Crippen LogP contribution in [0.15, 0.2) is 42.1 Å². The number of fused-ring (bicyclic) bond motifs is 4. The number of benzene rings is 1. The Labute approximate surface area is 176 Å². The van der Waals surface area contributed by atoms with Gasteiger partial charge in [0.05, 0.1) is 24.9 Å². The van der Waals surface area contributed by atoms with Crippen LogP contribution in [0.25, 0.3) is 12.2 Å². The summed E-state index contributed by atoms with van der Waals surface area (Å²) in [6.07, 6.45) is 10.2. The van der Waals surface area contributed by atoms with Gasteiger partial charge in [-0.1, -0.05) is 17.3 Å². The first-order chi connectivity index (χ1) is 14.6. The minimum Gasteiger partial charge on any atom is -0.493 e. The zero-order valence-electron chi connectivity index (χ0n) is 17.9. The Morgan fingerprint density at radius 1 is 1.17 bits per heavy atom. The second-order valence-electron chi connectivity index (χ2n) is 7.50. The Kier molecular flexibility index (Phi) is 5.50. The molecule has 6 heteroatoms. The largest absolute Gasteiger partial charge is 0.493 e. The van der Waals surface area contributed by atoms with Crippen molar-refractivity contribution in [2.75, 3.05) is 41.5 Å². The predicted octanol–water partition coefficient (Wildman–Crippen LogP) is 1.75. The molecule has 0 fully saturated rings. The fraction of sp³-hybridized carbons (Fsp3) is 0.292. The summed E-state index contributed by atoms with van der Waals surface area (Å²) in [5.41, 5.74) is 3.04. The topological polar surface area (TPSA) is 48.2 Å². The Hall–Kier alpha value is -3.25. The maximum atomic E-state index is 5.62. The van der Waals surface area contributed by atoms with E-state index in [0.717, 1.165) is 44.5 Å². The van der Waals surface area contributed by atoms with E-state index in [-0.39, 0.29) is 0 Å². The third-order valence-electron chi connectivity index (χ3n) is 5.32. The van der Waals surface area contributed by atoms with Gasteiger partial charge >= 0.3 is 0 Å². The van der Waals surface area contributed by atoms with Crippen molar-refractivity contribution >= 4 is 17.9 Å². The Balaban J connectivity index is 1.94. The Morgan fingerprint density at radius 2 is 1.93 bits per heavy atom. The maximum Gasteiger partial charge on any atom is 0.161 e. The van der Waals surface area contributed by atoms with Gasteiger partial charge in [-0.15, -0.1) is 6.58 Å². The highest BCUT2D eigenvalue weighted by atomic mass is 16.6. The lowest BCUT2D eigenvalue weighted by molar-refractivity contribution is 0.126. The summed E-state index contributed by atoms with van der Waals surface area (Å²) >= 11 is 0. The van der Waals surface area contributed by atoms with Crippen LogP contribution in [0.3, 0.4) is 0 Å². The van der Waals surface area contributed by atoms with Gasteiger partial charge < -0.3 is 23.8 Å². The first-order valence-electron chi connectivity index (χ1n) is 9.94. The molecule has 1 aromatic heterocycles. The van der Waals surface area contributed by atoms with Gasteiger partial charge in [0, 0.05) is 29.4 Å². The molecule has 0 unspecified atom stereocenters. The highest BCUT2D eigenvalue weighted by Crippen LogP contribution is 2.27. The molecule has 0 saturated carbocycles. The van der Waals surface area contributed by atoms with Crippen LogP contribution in [-0.2, 0) is 11.4 Å². The molecular formula is C24H27N3O3. The molecule has 0 amide bonds. The third-order valence-corrected chi connectivity index (χ3v) is 5.32.